The van der Waals surface area contributed by atoms with Gasteiger partial charge in [-0.25, -0.2) is 0 Å². The average molecular weight is 341 g/mol. The molecule has 0 amide bonds. The third kappa shape index (κ3) is 3.54. The first-order chi connectivity index (χ1) is 9.32. The molecule has 0 radical (unpaired) electrons. The zero-order valence-electron chi connectivity index (χ0n) is 13.0. The zero-order chi connectivity index (χ0) is 14.9. The summed E-state index contributed by atoms with van der Waals surface area (Å²) in [6, 6.07) is 6.99. The van der Waals surface area contributed by atoms with Gasteiger partial charge in [0.05, 0.1) is 17.4 Å². The van der Waals surface area contributed by atoms with Crippen LogP contribution in [-0.4, -0.2) is 31.8 Å². The van der Waals surface area contributed by atoms with E-state index in [0.717, 1.165) is 17.6 Å². The lowest BCUT2D eigenvalue weighted by Crippen LogP contribution is -2.52. The Morgan fingerprint density at radius 2 is 2.15 bits per heavy atom. The standard InChI is InChI=1S/C16H25BrN2O/c1-11-9-19(10-16(3,4)20-11)15-7-6-13(8-14(15)17)12(2)18-5/h6-8,11-12,18H,9-10H2,1-5H3. The van der Waals surface area contributed by atoms with E-state index in [9.17, 15) is 0 Å². The highest BCUT2D eigenvalue weighted by Gasteiger charge is 2.32. The molecular formula is C16H25BrN2O. The predicted molar refractivity (Wildman–Crippen MR) is 88.5 cm³/mol. The van der Waals surface area contributed by atoms with Gasteiger partial charge in [0.15, 0.2) is 0 Å². The van der Waals surface area contributed by atoms with Crippen LogP contribution in [-0.2, 0) is 4.74 Å². The Morgan fingerprint density at radius 3 is 2.70 bits per heavy atom. The van der Waals surface area contributed by atoms with Crippen LogP contribution in [0.15, 0.2) is 22.7 Å². The summed E-state index contributed by atoms with van der Waals surface area (Å²) in [6.07, 6.45) is 0.251. The molecule has 2 rings (SSSR count). The minimum absolute atomic E-state index is 0.103. The molecule has 20 heavy (non-hydrogen) atoms. The molecule has 3 nitrogen and oxygen atoms in total. The van der Waals surface area contributed by atoms with Gasteiger partial charge < -0.3 is 15.0 Å². The van der Waals surface area contributed by atoms with Crippen molar-refractivity contribution in [3.05, 3.63) is 28.2 Å². The van der Waals surface area contributed by atoms with E-state index in [-0.39, 0.29) is 11.7 Å². The highest BCUT2D eigenvalue weighted by molar-refractivity contribution is 9.10. The summed E-state index contributed by atoms with van der Waals surface area (Å²) in [4.78, 5) is 2.41. The Labute approximate surface area is 130 Å². The van der Waals surface area contributed by atoms with Crippen molar-refractivity contribution in [2.75, 3.05) is 25.0 Å². The molecule has 1 heterocycles. The summed E-state index contributed by atoms with van der Waals surface area (Å²) < 4.78 is 7.13. The fourth-order valence-corrected chi connectivity index (χ4v) is 3.50. The molecule has 0 aromatic heterocycles. The summed E-state index contributed by atoms with van der Waals surface area (Å²) in [5.41, 5.74) is 2.44. The third-order valence-electron chi connectivity index (χ3n) is 3.81. The number of benzene rings is 1. The van der Waals surface area contributed by atoms with Gasteiger partial charge in [-0.1, -0.05) is 6.07 Å². The monoisotopic (exact) mass is 340 g/mol. The molecule has 0 aliphatic carbocycles. The number of halogens is 1. The third-order valence-corrected chi connectivity index (χ3v) is 4.45. The van der Waals surface area contributed by atoms with Gasteiger partial charge >= 0.3 is 0 Å². The summed E-state index contributed by atoms with van der Waals surface area (Å²) in [6.45, 7) is 10.5. The molecule has 1 N–H and O–H groups in total. The molecule has 1 aromatic carbocycles. The second-order valence-electron chi connectivity index (χ2n) is 6.29. The molecular weight excluding hydrogens is 316 g/mol. The second kappa shape index (κ2) is 6.04. The van der Waals surface area contributed by atoms with Crippen molar-refractivity contribution in [1.82, 2.24) is 5.32 Å². The minimum Gasteiger partial charge on any atom is -0.369 e. The Hall–Kier alpha value is -0.580. The van der Waals surface area contributed by atoms with Gasteiger partial charge in [0.1, 0.15) is 0 Å². The van der Waals surface area contributed by atoms with Crippen molar-refractivity contribution in [1.29, 1.82) is 0 Å². The lowest BCUT2D eigenvalue weighted by atomic mass is 10.0. The van der Waals surface area contributed by atoms with Gasteiger partial charge in [0, 0.05) is 23.6 Å². The van der Waals surface area contributed by atoms with Crippen LogP contribution in [0.25, 0.3) is 0 Å². The summed E-state index contributed by atoms with van der Waals surface area (Å²) in [7, 11) is 1.98. The number of nitrogens with zero attached hydrogens (tertiary/aromatic N) is 1. The SMILES string of the molecule is CNC(C)c1ccc(N2CC(C)OC(C)(C)C2)c(Br)c1. The van der Waals surface area contributed by atoms with E-state index in [4.69, 9.17) is 4.74 Å². The van der Waals surface area contributed by atoms with Crippen molar-refractivity contribution in [2.45, 2.75) is 45.4 Å². The van der Waals surface area contributed by atoms with E-state index in [0.29, 0.717) is 6.04 Å². The van der Waals surface area contributed by atoms with Gasteiger partial charge in [0.25, 0.3) is 0 Å². The van der Waals surface area contributed by atoms with Crippen LogP contribution in [0.1, 0.15) is 39.3 Å². The van der Waals surface area contributed by atoms with E-state index in [2.05, 4.69) is 72.0 Å². The average Bonchev–Trinajstić information content (AvgIpc) is 2.35. The molecule has 1 fully saturated rings. The van der Waals surface area contributed by atoms with E-state index in [1.54, 1.807) is 0 Å². The Kier molecular flexibility index (Phi) is 4.77. The van der Waals surface area contributed by atoms with Crippen molar-refractivity contribution in [2.24, 2.45) is 0 Å². The molecule has 0 bridgehead atoms. The van der Waals surface area contributed by atoms with E-state index in [1.165, 1.54) is 11.3 Å². The van der Waals surface area contributed by atoms with Gasteiger partial charge in [-0.15, -0.1) is 0 Å². The van der Waals surface area contributed by atoms with Gasteiger partial charge in [-0.05, 0) is 68.4 Å². The van der Waals surface area contributed by atoms with Crippen LogP contribution in [0.4, 0.5) is 5.69 Å². The van der Waals surface area contributed by atoms with Crippen molar-refractivity contribution in [3.63, 3.8) is 0 Å². The number of morpholine rings is 1. The highest BCUT2D eigenvalue weighted by atomic mass is 79.9. The number of hydrogen-bond acceptors (Lipinski definition) is 3. The van der Waals surface area contributed by atoms with Crippen molar-refractivity contribution < 1.29 is 4.74 Å². The number of hydrogen-bond donors (Lipinski definition) is 1. The Morgan fingerprint density at radius 1 is 1.45 bits per heavy atom. The molecule has 2 unspecified atom stereocenters. The predicted octanol–water partition coefficient (Wildman–Crippen LogP) is 3.73. The topological polar surface area (TPSA) is 24.5 Å². The number of ether oxygens (including phenoxy) is 1. The van der Waals surface area contributed by atoms with Crippen LogP contribution in [0, 0.1) is 0 Å². The van der Waals surface area contributed by atoms with Gasteiger partial charge in [0.2, 0.25) is 0 Å². The first-order valence-corrected chi connectivity index (χ1v) is 8.01. The summed E-state index contributed by atoms with van der Waals surface area (Å²) in [5, 5.41) is 3.27. The number of rotatable bonds is 3. The molecule has 4 heteroatoms. The Bertz CT molecular complexity index is 476. The lowest BCUT2D eigenvalue weighted by Gasteiger charge is -2.43. The smallest absolute Gasteiger partial charge is 0.0805 e. The van der Waals surface area contributed by atoms with Crippen LogP contribution in [0.5, 0.6) is 0 Å². The fraction of sp³-hybridized carbons (Fsp3) is 0.625. The van der Waals surface area contributed by atoms with Gasteiger partial charge in [-0.2, -0.15) is 0 Å². The van der Waals surface area contributed by atoms with Crippen LogP contribution in [0.2, 0.25) is 0 Å². The number of anilines is 1. The van der Waals surface area contributed by atoms with E-state index < -0.39 is 0 Å². The molecule has 2 atom stereocenters. The maximum Gasteiger partial charge on any atom is 0.0805 e. The van der Waals surface area contributed by atoms with Gasteiger partial charge in [-0.3, -0.25) is 0 Å². The summed E-state index contributed by atoms with van der Waals surface area (Å²) in [5.74, 6) is 0. The summed E-state index contributed by atoms with van der Waals surface area (Å²) >= 11 is 3.73. The molecule has 1 saturated heterocycles. The first kappa shape index (κ1) is 15.8. The molecule has 1 aliphatic heterocycles. The largest absolute Gasteiger partial charge is 0.369 e. The highest BCUT2D eigenvalue weighted by Crippen LogP contribution is 2.33. The van der Waals surface area contributed by atoms with Crippen LogP contribution >= 0.6 is 15.9 Å². The van der Waals surface area contributed by atoms with Crippen LogP contribution in [0.3, 0.4) is 0 Å². The quantitative estimate of drug-likeness (QED) is 0.907. The normalized spacial score (nSPS) is 23.7. The lowest BCUT2D eigenvalue weighted by molar-refractivity contribution is -0.0750. The molecule has 0 spiro atoms. The molecule has 112 valence electrons. The number of nitrogens with one attached hydrogen (secondary N) is 1. The van der Waals surface area contributed by atoms with E-state index >= 15 is 0 Å². The molecule has 1 aromatic rings. The maximum atomic E-state index is 5.98. The molecule has 1 aliphatic rings. The second-order valence-corrected chi connectivity index (χ2v) is 7.14. The minimum atomic E-state index is -0.103. The first-order valence-electron chi connectivity index (χ1n) is 7.22. The molecule has 0 saturated carbocycles. The van der Waals surface area contributed by atoms with E-state index in [1.807, 2.05) is 7.05 Å². The Balaban J connectivity index is 2.24. The maximum absolute atomic E-state index is 5.98. The zero-order valence-corrected chi connectivity index (χ0v) is 14.6. The fourth-order valence-electron chi connectivity index (χ4n) is 2.85. The van der Waals surface area contributed by atoms with Crippen LogP contribution < -0.4 is 10.2 Å². The van der Waals surface area contributed by atoms with Crippen molar-refractivity contribution >= 4 is 21.6 Å². The van der Waals surface area contributed by atoms with Crippen molar-refractivity contribution in [3.8, 4) is 0 Å².